The molecule has 1 aliphatic rings. The first kappa shape index (κ1) is 22.9. The number of carbonyl (C=O) groups is 2. The molecule has 3 aromatic rings. The van der Waals surface area contributed by atoms with Gasteiger partial charge in [-0.3, -0.25) is 9.59 Å². The number of nitrogens with one attached hydrogen (secondary N) is 1. The Hall–Kier alpha value is -3.28. The standard InChI is InChI=1S/C26H23Cl2N3O2/c27-23-12-7-20(18-24(23)28)26(33)29-21-8-10-22(11-9-21)30-14-16-31(17-15-30)25(32)13-6-19-4-2-1-3-5-19/h1-13,18H,14-17H2,(H,29,33)/b13-6+. The zero-order valence-electron chi connectivity index (χ0n) is 17.9. The van der Waals surface area contributed by atoms with E-state index in [1.54, 1.807) is 24.3 Å². The van der Waals surface area contributed by atoms with Gasteiger partial charge in [0.05, 0.1) is 10.0 Å². The predicted molar refractivity (Wildman–Crippen MR) is 135 cm³/mol. The van der Waals surface area contributed by atoms with E-state index < -0.39 is 0 Å². The van der Waals surface area contributed by atoms with Crippen LogP contribution in [0.5, 0.6) is 0 Å². The van der Waals surface area contributed by atoms with E-state index >= 15 is 0 Å². The highest BCUT2D eigenvalue weighted by atomic mass is 35.5. The van der Waals surface area contributed by atoms with Gasteiger partial charge in [-0.25, -0.2) is 0 Å². The number of amides is 2. The molecule has 2 amide bonds. The van der Waals surface area contributed by atoms with Gasteiger partial charge in [0.2, 0.25) is 5.91 Å². The summed E-state index contributed by atoms with van der Waals surface area (Å²) in [6.45, 7) is 2.82. The Balaban J connectivity index is 1.30. The molecular weight excluding hydrogens is 457 g/mol. The number of hydrogen-bond acceptors (Lipinski definition) is 3. The average Bonchev–Trinajstić information content (AvgIpc) is 2.85. The molecule has 1 fully saturated rings. The van der Waals surface area contributed by atoms with Crippen molar-refractivity contribution in [3.05, 3.63) is 100 Å². The highest BCUT2D eigenvalue weighted by Crippen LogP contribution is 2.24. The summed E-state index contributed by atoms with van der Waals surface area (Å²) >= 11 is 11.9. The molecule has 0 saturated carbocycles. The largest absolute Gasteiger partial charge is 0.368 e. The number of carbonyl (C=O) groups excluding carboxylic acids is 2. The fraction of sp³-hybridized carbons (Fsp3) is 0.154. The third-order valence-corrected chi connectivity index (χ3v) is 6.22. The first-order chi connectivity index (χ1) is 16.0. The minimum atomic E-state index is -0.253. The highest BCUT2D eigenvalue weighted by Gasteiger charge is 2.20. The molecule has 0 atom stereocenters. The van der Waals surface area contributed by atoms with Crippen LogP contribution in [0.3, 0.4) is 0 Å². The van der Waals surface area contributed by atoms with Gasteiger partial charge in [0.1, 0.15) is 0 Å². The van der Waals surface area contributed by atoms with E-state index in [-0.39, 0.29) is 11.8 Å². The molecule has 3 aromatic carbocycles. The van der Waals surface area contributed by atoms with Gasteiger partial charge in [-0.15, -0.1) is 0 Å². The van der Waals surface area contributed by atoms with Crippen LogP contribution in [-0.4, -0.2) is 42.9 Å². The maximum Gasteiger partial charge on any atom is 0.255 e. The molecule has 1 N–H and O–H groups in total. The van der Waals surface area contributed by atoms with Crippen LogP contribution in [-0.2, 0) is 4.79 Å². The second-order valence-electron chi connectivity index (χ2n) is 7.69. The maximum atomic E-state index is 12.5. The van der Waals surface area contributed by atoms with E-state index in [2.05, 4.69) is 10.2 Å². The number of anilines is 2. The molecule has 168 valence electrons. The Labute approximate surface area is 203 Å². The lowest BCUT2D eigenvalue weighted by Crippen LogP contribution is -2.48. The lowest BCUT2D eigenvalue weighted by Gasteiger charge is -2.35. The van der Waals surface area contributed by atoms with Crippen molar-refractivity contribution in [2.75, 3.05) is 36.4 Å². The van der Waals surface area contributed by atoms with E-state index in [1.807, 2.05) is 65.6 Å². The van der Waals surface area contributed by atoms with E-state index in [9.17, 15) is 9.59 Å². The number of rotatable bonds is 5. The molecule has 0 bridgehead atoms. The van der Waals surface area contributed by atoms with Crippen LogP contribution in [0.4, 0.5) is 11.4 Å². The summed E-state index contributed by atoms with van der Waals surface area (Å²) in [7, 11) is 0. The van der Waals surface area contributed by atoms with Crippen molar-refractivity contribution in [2.45, 2.75) is 0 Å². The Bertz CT molecular complexity index is 1160. The third-order valence-electron chi connectivity index (χ3n) is 5.48. The van der Waals surface area contributed by atoms with Crippen molar-refractivity contribution < 1.29 is 9.59 Å². The van der Waals surface area contributed by atoms with E-state index in [0.29, 0.717) is 34.4 Å². The maximum absolute atomic E-state index is 12.5. The summed E-state index contributed by atoms with van der Waals surface area (Å²) in [6, 6.07) is 22.2. The molecule has 0 spiro atoms. The van der Waals surface area contributed by atoms with Crippen molar-refractivity contribution in [3.63, 3.8) is 0 Å². The van der Waals surface area contributed by atoms with Crippen LogP contribution >= 0.6 is 23.2 Å². The van der Waals surface area contributed by atoms with Crippen LogP contribution < -0.4 is 10.2 Å². The van der Waals surface area contributed by atoms with Gasteiger partial charge in [0.25, 0.3) is 5.91 Å². The minimum Gasteiger partial charge on any atom is -0.368 e. The van der Waals surface area contributed by atoms with Gasteiger partial charge < -0.3 is 15.1 Å². The normalized spacial score (nSPS) is 13.9. The fourth-order valence-corrected chi connectivity index (χ4v) is 3.92. The monoisotopic (exact) mass is 479 g/mol. The van der Waals surface area contributed by atoms with E-state index in [4.69, 9.17) is 23.2 Å². The van der Waals surface area contributed by atoms with Crippen LogP contribution in [0.2, 0.25) is 10.0 Å². The molecular formula is C26H23Cl2N3O2. The Morgan fingerprint density at radius 1 is 0.818 bits per heavy atom. The third kappa shape index (κ3) is 5.95. The number of nitrogens with zero attached hydrogens (tertiary/aromatic N) is 2. The second-order valence-corrected chi connectivity index (χ2v) is 8.50. The molecule has 0 aromatic heterocycles. The number of halogens is 2. The van der Waals surface area contributed by atoms with E-state index in [0.717, 1.165) is 24.3 Å². The zero-order chi connectivity index (χ0) is 23.2. The SMILES string of the molecule is O=C(Nc1ccc(N2CCN(C(=O)/C=C/c3ccccc3)CC2)cc1)c1ccc(Cl)c(Cl)c1. The number of piperazine rings is 1. The van der Waals surface area contributed by atoms with Gasteiger partial charge in [-0.2, -0.15) is 0 Å². The topological polar surface area (TPSA) is 52.7 Å². The van der Waals surface area contributed by atoms with Crippen molar-refractivity contribution in [1.29, 1.82) is 0 Å². The summed E-state index contributed by atoms with van der Waals surface area (Å²) < 4.78 is 0. The lowest BCUT2D eigenvalue weighted by atomic mass is 10.2. The highest BCUT2D eigenvalue weighted by molar-refractivity contribution is 6.42. The first-order valence-corrected chi connectivity index (χ1v) is 11.4. The van der Waals surface area contributed by atoms with Gasteiger partial charge >= 0.3 is 0 Å². The smallest absolute Gasteiger partial charge is 0.255 e. The van der Waals surface area contributed by atoms with Crippen LogP contribution in [0.1, 0.15) is 15.9 Å². The molecule has 0 unspecified atom stereocenters. The lowest BCUT2D eigenvalue weighted by molar-refractivity contribution is -0.126. The molecule has 1 saturated heterocycles. The van der Waals surface area contributed by atoms with Crippen LogP contribution in [0, 0.1) is 0 Å². The van der Waals surface area contributed by atoms with Gasteiger partial charge in [0, 0.05) is 49.2 Å². The average molecular weight is 480 g/mol. The predicted octanol–water partition coefficient (Wildman–Crippen LogP) is 5.61. The van der Waals surface area contributed by atoms with Gasteiger partial charge in [-0.1, -0.05) is 53.5 Å². The zero-order valence-corrected chi connectivity index (χ0v) is 19.4. The fourth-order valence-electron chi connectivity index (χ4n) is 3.62. The van der Waals surface area contributed by atoms with Crippen molar-refractivity contribution in [1.82, 2.24) is 4.90 Å². The summed E-state index contributed by atoms with van der Waals surface area (Å²) in [6.07, 6.45) is 3.48. The number of hydrogen-bond donors (Lipinski definition) is 1. The molecule has 33 heavy (non-hydrogen) atoms. The molecule has 0 radical (unpaired) electrons. The summed E-state index contributed by atoms with van der Waals surface area (Å²) in [5, 5.41) is 3.61. The summed E-state index contributed by atoms with van der Waals surface area (Å²) in [5.74, 6) is -0.226. The first-order valence-electron chi connectivity index (χ1n) is 10.6. The van der Waals surface area contributed by atoms with Gasteiger partial charge in [0.15, 0.2) is 0 Å². The van der Waals surface area contributed by atoms with Crippen molar-refractivity contribution in [3.8, 4) is 0 Å². The minimum absolute atomic E-state index is 0.0267. The Morgan fingerprint density at radius 2 is 1.52 bits per heavy atom. The molecule has 1 heterocycles. The Morgan fingerprint density at radius 3 is 2.18 bits per heavy atom. The van der Waals surface area contributed by atoms with E-state index in [1.165, 1.54) is 0 Å². The van der Waals surface area contributed by atoms with Crippen LogP contribution in [0.25, 0.3) is 6.08 Å². The van der Waals surface area contributed by atoms with Crippen molar-refractivity contribution in [2.24, 2.45) is 0 Å². The number of benzene rings is 3. The van der Waals surface area contributed by atoms with Gasteiger partial charge in [-0.05, 0) is 54.1 Å². The molecule has 4 rings (SSSR count). The molecule has 7 heteroatoms. The summed E-state index contributed by atoms with van der Waals surface area (Å²) in [5.41, 5.74) is 3.19. The second kappa shape index (κ2) is 10.6. The summed E-state index contributed by atoms with van der Waals surface area (Å²) in [4.78, 5) is 29.0. The Kier molecular flexibility index (Phi) is 7.33. The van der Waals surface area contributed by atoms with Crippen molar-refractivity contribution >= 4 is 52.5 Å². The molecule has 5 nitrogen and oxygen atoms in total. The molecule has 1 aliphatic heterocycles. The quantitative estimate of drug-likeness (QED) is 0.484. The molecule has 0 aliphatic carbocycles. The van der Waals surface area contributed by atoms with Crippen LogP contribution in [0.15, 0.2) is 78.9 Å².